The minimum atomic E-state index is -4.76. The van der Waals surface area contributed by atoms with Crippen molar-refractivity contribution in [3.63, 3.8) is 0 Å². The van der Waals surface area contributed by atoms with Gasteiger partial charge in [0, 0.05) is 33.8 Å². The van der Waals surface area contributed by atoms with Gasteiger partial charge in [-0.1, -0.05) is 22.0 Å². The Morgan fingerprint density at radius 2 is 1.57 bits per heavy atom. The predicted molar refractivity (Wildman–Crippen MR) is 83.4 cm³/mol. The van der Waals surface area contributed by atoms with Gasteiger partial charge in [-0.3, -0.25) is 0 Å². The summed E-state index contributed by atoms with van der Waals surface area (Å²) in [6.45, 7) is 0. The quantitative estimate of drug-likeness (QED) is 0.638. The summed E-state index contributed by atoms with van der Waals surface area (Å²) in [5.41, 5.74) is 1.94. The van der Waals surface area contributed by atoms with E-state index in [1.165, 1.54) is 6.07 Å². The van der Waals surface area contributed by atoms with Crippen LogP contribution < -0.4 is 4.74 Å². The number of hydrogen-bond acceptors (Lipinski definition) is 1. The van der Waals surface area contributed by atoms with Crippen LogP contribution in [0.5, 0.6) is 5.75 Å². The molecule has 3 nitrogen and oxygen atoms in total. The van der Waals surface area contributed by atoms with Crippen LogP contribution >= 0.6 is 15.9 Å². The molecule has 3 aromatic rings. The highest BCUT2D eigenvalue weighted by molar-refractivity contribution is 9.10. The van der Waals surface area contributed by atoms with Gasteiger partial charge < -0.3 is 14.7 Å². The van der Waals surface area contributed by atoms with Crippen molar-refractivity contribution >= 4 is 15.9 Å². The van der Waals surface area contributed by atoms with E-state index in [1.807, 2.05) is 12.1 Å². The molecule has 0 unspecified atom stereocenters. The molecular formula is C16H12BrF3N2O. The average Bonchev–Trinajstić information content (AvgIpc) is 3.14. The molecule has 0 bridgehead atoms. The van der Waals surface area contributed by atoms with Crippen LogP contribution in [0.15, 0.2) is 59.3 Å². The number of aromatic amines is 2. The first-order chi connectivity index (χ1) is 10.9. The molecular weight excluding hydrogens is 373 g/mol. The molecule has 0 aliphatic carbocycles. The third kappa shape index (κ3) is 3.61. The van der Waals surface area contributed by atoms with Crippen molar-refractivity contribution < 1.29 is 17.9 Å². The van der Waals surface area contributed by atoms with E-state index in [4.69, 9.17) is 0 Å². The highest BCUT2D eigenvalue weighted by atomic mass is 79.9. The van der Waals surface area contributed by atoms with E-state index in [-0.39, 0.29) is 5.75 Å². The summed E-state index contributed by atoms with van der Waals surface area (Å²) >= 11 is 3.19. The molecule has 2 heterocycles. The number of hydrogen-bond donors (Lipinski definition) is 2. The van der Waals surface area contributed by atoms with Gasteiger partial charge in [0.05, 0.1) is 5.92 Å². The lowest BCUT2D eigenvalue weighted by Gasteiger charge is -2.20. The van der Waals surface area contributed by atoms with Crippen LogP contribution in [-0.2, 0) is 0 Å². The minimum absolute atomic E-state index is 0.235. The largest absolute Gasteiger partial charge is 0.573 e. The summed E-state index contributed by atoms with van der Waals surface area (Å²) < 4.78 is 43.0. The van der Waals surface area contributed by atoms with Crippen molar-refractivity contribution in [3.05, 3.63) is 76.3 Å². The predicted octanol–water partition coefficient (Wildman–Crippen LogP) is 5.18. The lowest BCUT2D eigenvalue weighted by molar-refractivity contribution is -0.274. The number of nitrogens with one attached hydrogen (secondary N) is 2. The van der Waals surface area contributed by atoms with E-state index in [9.17, 15) is 13.2 Å². The van der Waals surface area contributed by atoms with Crippen LogP contribution in [-0.4, -0.2) is 16.3 Å². The fourth-order valence-corrected chi connectivity index (χ4v) is 2.85. The number of alkyl halides is 3. The van der Waals surface area contributed by atoms with E-state index in [1.54, 1.807) is 36.7 Å². The first-order valence-electron chi connectivity index (χ1n) is 6.76. The Labute approximate surface area is 138 Å². The number of H-pyrrole nitrogens is 2. The maximum absolute atomic E-state index is 12.7. The number of benzene rings is 1. The number of halogens is 4. The van der Waals surface area contributed by atoms with Gasteiger partial charge in [-0.2, -0.15) is 0 Å². The topological polar surface area (TPSA) is 40.8 Å². The molecule has 2 N–H and O–H groups in total. The Kier molecular flexibility index (Phi) is 4.21. The number of aromatic nitrogens is 2. The maximum Gasteiger partial charge on any atom is 0.573 e. The molecule has 3 rings (SSSR count). The van der Waals surface area contributed by atoms with Gasteiger partial charge in [0.2, 0.25) is 0 Å². The molecule has 0 aliphatic rings. The second kappa shape index (κ2) is 6.16. The Bertz CT molecular complexity index is 733. The zero-order valence-electron chi connectivity index (χ0n) is 11.7. The second-order valence-corrected chi connectivity index (χ2v) is 5.83. The first kappa shape index (κ1) is 15.7. The molecule has 0 aliphatic heterocycles. The fraction of sp³-hybridized carbons (Fsp3) is 0.125. The lowest BCUT2D eigenvalue weighted by atomic mass is 9.92. The zero-order chi connectivity index (χ0) is 16.4. The van der Waals surface area contributed by atoms with Crippen molar-refractivity contribution in [2.45, 2.75) is 12.3 Å². The van der Waals surface area contributed by atoms with E-state index >= 15 is 0 Å². The smallest absolute Gasteiger partial charge is 0.405 e. The van der Waals surface area contributed by atoms with Crippen molar-refractivity contribution in [1.29, 1.82) is 0 Å². The molecule has 0 saturated heterocycles. The Morgan fingerprint density at radius 1 is 0.957 bits per heavy atom. The molecule has 0 spiro atoms. The van der Waals surface area contributed by atoms with Gasteiger partial charge in [0.25, 0.3) is 0 Å². The Balaban J connectivity index is 2.13. The molecule has 0 atom stereocenters. The normalized spacial score (nSPS) is 11.9. The summed E-state index contributed by atoms with van der Waals surface area (Å²) in [7, 11) is 0. The molecule has 0 saturated carbocycles. The van der Waals surface area contributed by atoms with E-state index in [0.717, 1.165) is 11.4 Å². The third-order valence-corrected chi connectivity index (χ3v) is 3.87. The van der Waals surface area contributed by atoms with Gasteiger partial charge in [-0.05, 0) is 36.4 Å². The zero-order valence-corrected chi connectivity index (χ0v) is 13.3. The minimum Gasteiger partial charge on any atom is -0.405 e. The molecule has 2 aromatic heterocycles. The van der Waals surface area contributed by atoms with Crippen LogP contribution in [0.1, 0.15) is 22.9 Å². The first-order valence-corrected chi connectivity index (χ1v) is 7.55. The van der Waals surface area contributed by atoms with E-state index in [0.29, 0.717) is 10.0 Å². The molecule has 120 valence electrons. The molecule has 7 heteroatoms. The van der Waals surface area contributed by atoms with Gasteiger partial charge in [0.15, 0.2) is 0 Å². The Hall–Kier alpha value is -2.15. The lowest BCUT2D eigenvalue weighted by Crippen LogP contribution is -2.19. The van der Waals surface area contributed by atoms with Crippen LogP contribution in [0, 0.1) is 0 Å². The van der Waals surface area contributed by atoms with Gasteiger partial charge in [-0.15, -0.1) is 13.2 Å². The fourth-order valence-electron chi connectivity index (χ4n) is 2.51. The molecule has 0 radical (unpaired) electrons. The summed E-state index contributed by atoms with van der Waals surface area (Å²) in [6.07, 6.45) is -1.30. The van der Waals surface area contributed by atoms with Gasteiger partial charge >= 0.3 is 6.36 Å². The standard InChI is InChI=1S/C16H12BrF3N2O/c17-10-5-6-11(14(9-10)23-16(18,19)20)15(12-3-1-7-21-12)13-4-2-8-22-13/h1-9,15,21-22H. The van der Waals surface area contributed by atoms with E-state index in [2.05, 4.69) is 30.6 Å². The molecule has 0 fully saturated rings. The average molecular weight is 385 g/mol. The maximum atomic E-state index is 12.7. The van der Waals surface area contributed by atoms with Gasteiger partial charge in [0.1, 0.15) is 5.75 Å². The monoisotopic (exact) mass is 384 g/mol. The van der Waals surface area contributed by atoms with Crippen molar-refractivity contribution in [1.82, 2.24) is 9.97 Å². The number of ether oxygens (including phenoxy) is 1. The summed E-state index contributed by atoms with van der Waals surface area (Å²) in [6, 6.07) is 11.9. The Morgan fingerprint density at radius 3 is 2.04 bits per heavy atom. The molecule has 0 amide bonds. The summed E-state index contributed by atoms with van der Waals surface area (Å²) in [5, 5.41) is 0. The second-order valence-electron chi connectivity index (χ2n) is 4.91. The highest BCUT2D eigenvalue weighted by Gasteiger charge is 2.34. The van der Waals surface area contributed by atoms with Crippen molar-refractivity contribution in [3.8, 4) is 5.75 Å². The van der Waals surface area contributed by atoms with Crippen LogP contribution in [0.3, 0.4) is 0 Å². The van der Waals surface area contributed by atoms with E-state index < -0.39 is 12.3 Å². The molecule has 1 aromatic carbocycles. The van der Waals surface area contributed by atoms with Crippen LogP contribution in [0.25, 0.3) is 0 Å². The third-order valence-electron chi connectivity index (χ3n) is 3.38. The van der Waals surface area contributed by atoms with Crippen LogP contribution in [0.2, 0.25) is 0 Å². The molecule has 23 heavy (non-hydrogen) atoms. The summed E-state index contributed by atoms with van der Waals surface area (Å²) in [4.78, 5) is 6.12. The summed E-state index contributed by atoms with van der Waals surface area (Å²) in [5.74, 6) is -0.661. The van der Waals surface area contributed by atoms with Crippen molar-refractivity contribution in [2.75, 3.05) is 0 Å². The number of rotatable bonds is 4. The van der Waals surface area contributed by atoms with Crippen LogP contribution in [0.4, 0.5) is 13.2 Å². The van der Waals surface area contributed by atoms with Gasteiger partial charge in [-0.25, -0.2) is 0 Å². The van der Waals surface area contributed by atoms with Crippen molar-refractivity contribution in [2.24, 2.45) is 0 Å². The highest BCUT2D eigenvalue weighted by Crippen LogP contribution is 2.39. The SMILES string of the molecule is FC(F)(F)Oc1cc(Br)ccc1C(c1ccc[nH]1)c1ccc[nH]1.